The van der Waals surface area contributed by atoms with E-state index < -0.39 is 0 Å². The molecule has 0 saturated heterocycles. The summed E-state index contributed by atoms with van der Waals surface area (Å²) in [5.74, 6) is 0.135. The fourth-order valence-electron chi connectivity index (χ4n) is 2.38. The Balaban J connectivity index is 1.92. The van der Waals surface area contributed by atoms with Gasteiger partial charge in [0.1, 0.15) is 0 Å². The molecule has 0 saturated carbocycles. The summed E-state index contributed by atoms with van der Waals surface area (Å²) in [4.78, 5) is 14.2. The third-order valence-corrected chi connectivity index (χ3v) is 4.02. The molecule has 22 heavy (non-hydrogen) atoms. The van der Waals surface area contributed by atoms with Crippen molar-refractivity contribution in [2.24, 2.45) is 0 Å². The predicted octanol–water partition coefficient (Wildman–Crippen LogP) is 4.61. The fourth-order valence-corrected chi connectivity index (χ4v) is 2.85. The summed E-state index contributed by atoms with van der Waals surface area (Å²) in [7, 11) is 0. The van der Waals surface area contributed by atoms with E-state index in [1.807, 2.05) is 54.3 Å². The maximum absolute atomic E-state index is 12.4. The van der Waals surface area contributed by atoms with E-state index >= 15 is 0 Å². The Labute approximate surface area is 140 Å². The summed E-state index contributed by atoms with van der Waals surface area (Å²) >= 11 is 3.45. The molecule has 4 heteroatoms. The van der Waals surface area contributed by atoms with Crippen LogP contribution in [-0.4, -0.2) is 19.0 Å². The lowest BCUT2D eigenvalue weighted by molar-refractivity contribution is -0.118. The van der Waals surface area contributed by atoms with Crippen LogP contribution in [-0.2, 0) is 4.79 Å². The van der Waals surface area contributed by atoms with Gasteiger partial charge in [0.2, 0.25) is 5.91 Å². The first kappa shape index (κ1) is 16.6. The molecule has 0 aliphatic heterocycles. The monoisotopic (exact) mass is 360 g/mol. The third kappa shape index (κ3) is 4.34. The Kier molecular flexibility index (Phi) is 6.01. The highest BCUT2D eigenvalue weighted by atomic mass is 79.9. The van der Waals surface area contributed by atoms with Crippen molar-refractivity contribution >= 4 is 33.2 Å². The van der Waals surface area contributed by atoms with Crippen molar-refractivity contribution in [2.75, 3.05) is 23.3 Å². The van der Waals surface area contributed by atoms with Crippen LogP contribution in [0.25, 0.3) is 0 Å². The van der Waals surface area contributed by atoms with E-state index in [1.54, 1.807) is 0 Å². The summed E-state index contributed by atoms with van der Waals surface area (Å²) in [5, 5.41) is 3.33. The molecule has 3 nitrogen and oxygen atoms in total. The van der Waals surface area contributed by atoms with Crippen LogP contribution in [0.1, 0.15) is 18.9 Å². The van der Waals surface area contributed by atoms with Gasteiger partial charge in [-0.05, 0) is 49.7 Å². The molecule has 0 atom stereocenters. The van der Waals surface area contributed by atoms with Crippen LogP contribution in [0.2, 0.25) is 0 Å². The van der Waals surface area contributed by atoms with E-state index in [4.69, 9.17) is 0 Å². The lowest BCUT2D eigenvalue weighted by atomic mass is 10.2. The standard InChI is InChI=1S/C18H21BrN2O/c1-3-21(16-7-5-4-6-8-16)18(22)11-12-20-17-10-9-15(19)13-14(17)2/h4-10,13,20H,3,11-12H2,1-2H3. The highest BCUT2D eigenvalue weighted by Crippen LogP contribution is 2.20. The minimum atomic E-state index is 0.135. The zero-order valence-corrected chi connectivity index (χ0v) is 14.6. The molecule has 0 aliphatic carbocycles. The van der Waals surface area contributed by atoms with Gasteiger partial charge in [-0.15, -0.1) is 0 Å². The number of carbonyl (C=O) groups is 1. The molecule has 0 fully saturated rings. The molecule has 0 aliphatic rings. The van der Waals surface area contributed by atoms with Gasteiger partial charge in [-0.2, -0.15) is 0 Å². The Morgan fingerprint density at radius 3 is 2.55 bits per heavy atom. The van der Waals surface area contributed by atoms with Crippen LogP contribution in [0.4, 0.5) is 11.4 Å². The van der Waals surface area contributed by atoms with Crippen LogP contribution >= 0.6 is 15.9 Å². The van der Waals surface area contributed by atoms with Gasteiger partial charge in [-0.3, -0.25) is 4.79 Å². The van der Waals surface area contributed by atoms with Gasteiger partial charge in [0.25, 0.3) is 0 Å². The Morgan fingerprint density at radius 2 is 1.91 bits per heavy atom. The maximum atomic E-state index is 12.4. The summed E-state index contributed by atoms with van der Waals surface area (Å²) in [6, 6.07) is 15.9. The molecule has 0 radical (unpaired) electrons. The Hall–Kier alpha value is -1.81. The number of para-hydroxylation sites is 1. The average molecular weight is 361 g/mol. The van der Waals surface area contributed by atoms with Gasteiger partial charge in [0.15, 0.2) is 0 Å². The van der Waals surface area contributed by atoms with Crippen molar-refractivity contribution in [1.82, 2.24) is 0 Å². The SMILES string of the molecule is CCN(C(=O)CCNc1ccc(Br)cc1C)c1ccccc1. The van der Waals surface area contributed by atoms with E-state index in [0.29, 0.717) is 19.5 Å². The van der Waals surface area contributed by atoms with Gasteiger partial charge >= 0.3 is 0 Å². The molecular weight excluding hydrogens is 340 g/mol. The molecule has 116 valence electrons. The van der Waals surface area contributed by atoms with Gasteiger partial charge in [0, 0.05) is 35.4 Å². The summed E-state index contributed by atoms with van der Waals surface area (Å²) in [5.41, 5.74) is 3.19. The normalized spacial score (nSPS) is 10.3. The number of hydrogen-bond acceptors (Lipinski definition) is 2. The summed E-state index contributed by atoms with van der Waals surface area (Å²) < 4.78 is 1.06. The Bertz CT molecular complexity index is 628. The number of aryl methyl sites for hydroxylation is 1. The van der Waals surface area contributed by atoms with Crippen LogP contribution < -0.4 is 10.2 Å². The average Bonchev–Trinajstić information content (AvgIpc) is 2.51. The first-order valence-corrected chi connectivity index (χ1v) is 8.26. The first-order valence-electron chi connectivity index (χ1n) is 7.47. The molecule has 1 amide bonds. The summed E-state index contributed by atoms with van der Waals surface area (Å²) in [6.07, 6.45) is 0.470. The van der Waals surface area contributed by atoms with Crippen molar-refractivity contribution in [2.45, 2.75) is 20.3 Å². The molecule has 0 aromatic heterocycles. The number of anilines is 2. The zero-order chi connectivity index (χ0) is 15.9. The molecule has 0 spiro atoms. The van der Waals surface area contributed by atoms with Crippen LogP contribution in [0.3, 0.4) is 0 Å². The summed E-state index contributed by atoms with van der Waals surface area (Å²) in [6.45, 7) is 5.36. The van der Waals surface area contributed by atoms with Gasteiger partial charge in [-0.25, -0.2) is 0 Å². The van der Waals surface area contributed by atoms with Gasteiger partial charge < -0.3 is 10.2 Å². The first-order chi connectivity index (χ1) is 10.6. The Morgan fingerprint density at radius 1 is 1.18 bits per heavy atom. The van der Waals surface area contributed by atoms with E-state index in [9.17, 15) is 4.79 Å². The van der Waals surface area contributed by atoms with E-state index in [1.165, 1.54) is 0 Å². The van der Waals surface area contributed by atoms with E-state index in [0.717, 1.165) is 21.4 Å². The second-order valence-corrected chi connectivity index (χ2v) is 6.03. The van der Waals surface area contributed by atoms with Crippen molar-refractivity contribution in [3.63, 3.8) is 0 Å². The minimum absolute atomic E-state index is 0.135. The second kappa shape index (κ2) is 7.99. The van der Waals surface area contributed by atoms with Gasteiger partial charge in [-0.1, -0.05) is 34.1 Å². The zero-order valence-electron chi connectivity index (χ0n) is 13.0. The van der Waals surface area contributed by atoms with E-state index in [-0.39, 0.29) is 5.91 Å². The quantitative estimate of drug-likeness (QED) is 0.815. The van der Waals surface area contributed by atoms with Crippen LogP contribution in [0.15, 0.2) is 53.0 Å². The number of amides is 1. The number of halogens is 1. The maximum Gasteiger partial charge on any atom is 0.228 e. The number of nitrogens with zero attached hydrogens (tertiary/aromatic N) is 1. The molecule has 0 unspecified atom stereocenters. The smallest absolute Gasteiger partial charge is 0.228 e. The van der Waals surface area contributed by atoms with Crippen molar-refractivity contribution in [3.05, 3.63) is 58.6 Å². The second-order valence-electron chi connectivity index (χ2n) is 5.11. The molecule has 2 aromatic carbocycles. The van der Waals surface area contributed by atoms with Crippen LogP contribution in [0.5, 0.6) is 0 Å². The molecule has 0 bridgehead atoms. The number of hydrogen-bond donors (Lipinski definition) is 1. The van der Waals surface area contributed by atoms with Crippen molar-refractivity contribution in [1.29, 1.82) is 0 Å². The lowest BCUT2D eigenvalue weighted by Crippen LogP contribution is -2.31. The third-order valence-electron chi connectivity index (χ3n) is 3.53. The lowest BCUT2D eigenvalue weighted by Gasteiger charge is -2.21. The molecule has 1 N–H and O–H groups in total. The highest BCUT2D eigenvalue weighted by molar-refractivity contribution is 9.10. The minimum Gasteiger partial charge on any atom is -0.384 e. The molecule has 2 rings (SSSR count). The number of nitrogens with one attached hydrogen (secondary N) is 1. The molecule has 2 aromatic rings. The van der Waals surface area contributed by atoms with Crippen molar-refractivity contribution < 1.29 is 4.79 Å². The van der Waals surface area contributed by atoms with Gasteiger partial charge in [0.05, 0.1) is 0 Å². The van der Waals surface area contributed by atoms with Crippen LogP contribution in [0, 0.1) is 6.92 Å². The molecule has 0 heterocycles. The highest BCUT2D eigenvalue weighted by Gasteiger charge is 2.13. The number of rotatable bonds is 6. The predicted molar refractivity (Wildman–Crippen MR) is 96.5 cm³/mol. The number of carbonyl (C=O) groups excluding carboxylic acids is 1. The van der Waals surface area contributed by atoms with Crippen molar-refractivity contribution in [3.8, 4) is 0 Å². The fraction of sp³-hybridized carbons (Fsp3) is 0.278. The molecular formula is C18H21BrN2O. The number of benzene rings is 2. The van der Waals surface area contributed by atoms with E-state index in [2.05, 4.69) is 34.2 Å². The topological polar surface area (TPSA) is 32.3 Å². The largest absolute Gasteiger partial charge is 0.384 e.